The predicted molar refractivity (Wildman–Crippen MR) is 88.9 cm³/mol. The first kappa shape index (κ1) is 14.3. The first-order chi connectivity index (χ1) is 9.88. The van der Waals surface area contributed by atoms with E-state index in [9.17, 15) is 0 Å². The van der Waals surface area contributed by atoms with E-state index in [2.05, 4.69) is 40.1 Å². The summed E-state index contributed by atoms with van der Waals surface area (Å²) in [5, 5.41) is 1.50. The van der Waals surface area contributed by atoms with Crippen LogP contribution in [0.5, 0.6) is 0 Å². The van der Waals surface area contributed by atoms with Gasteiger partial charge in [0.25, 0.3) is 0 Å². The molecule has 2 heterocycles. The van der Waals surface area contributed by atoms with E-state index in [1.165, 1.54) is 34.9 Å². The lowest BCUT2D eigenvalue weighted by molar-refractivity contribution is 0.179. The molecule has 0 unspecified atom stereocenters. The molecule has 1 saturated heterocycles. The molecular weight excluding hydrogens is 288 g/mol. The Kier molecular flexibility index (Phi) is 4.92. The zero-order chi connectivity index (χ0) is 13.8. The van der Waals surface area contributed by atoms with E-state index in [1.807, 2.05) is 11.8 Å². The molecule has 108 valence electrons. The van der Waals surface area contributed by atoms with Crippen molar-refractivity contribution in [2.45, 2.75) is 12.8 Å². The lowest BCUT2D eigenvalue weighted by Crippen LogP contribution is -2.41. The topological polar surface area (TPSA) is 6.48 Å². The van der Waals surface area contributed by atoms with E-state index < -0.39 is 0 Å². The van der Waals surface area contributed by atoms with Crippen molar-refractivity contribution >= 4 is 28.9 Å². The van der Waals surface area contributed by atoms with Gasteiger partial charge in [0.1, 0.15) is 0 Å². The Morgan fingerprint density at radius 2 is 2.00 bits per heavy atom. The Balaban J connectivity index is 1.78. The number of fused-ring (bicyclic) bond motifs is 1. The summed E-state index contributed by atoms with van der Waals surface area (Å²) < 4.78 is 0. The fraction of sp³-hybridized carbons (Fsp3) is 0.500. The molecule has 0 spiro atoms. The summed E-state index contributed by atoms with van der Waals surface area (Å²) in [6.07, 6.45) is 2.31. The first-order valence-electron chi connectivity index (χ1n) is 7.33. The van der Waals surface area contributed by atoms with Crippen LogP contribution in [0.1, 0.15) is 18.4 Å². The minimum atomic E-state index is 0.778. The van der Waals surface area contributed by atoms with Crippen LogP contribution in [0.2, 0.25) is 0 Å². The Bertz CT molecular complexity index is 475. The summed E-state index contributed by atoms with van der Waals surface area (Å²) in [6, 6.07) is 10.8. The molecule has 2 nitrogen and oxygen atoms in total. The molecule has 1 aromatic rings. The number of rotatable bonds is 5. The molecule has 0 N–H and O–H groups in total. The van der Waals surface area contributed by atoms with Gasteiger partial charge in [-0.1, -0.05) is 30.3 Å². The third-order valence-corrected chi connectivity index (χ3v) is 5.31. The lowest BCUT2D eigenvalue weighted by atomic mass is 10.0. The number of hydrogen-bond acceptors (Lipinski definition) is 3. The maximum Gasteiger partial charge on any atom is 0.0770 e. The molecule has 1 aromatic carbocycles. The highest BCUT2D eigenvalue weighted by molar-refractivity contribution is 8.03. The number of benzene rings is 1. The van der Waals surface area contributed by atoms with Gasteiger partial charge in [0, 0.05) is 36.8 Å². The monoisotopic (exact) mass is 308 g/mol. The fourth-order valence-corrected chi connectivity index (χ4v) is 4.26. The standard InChI is InChI=1S/C16H21ClN2S/c17-8-4-5-9-18-12-15(14-6-2-1-3-7-14)16-19(13-18)10-11-20-16/h1-3,6-7H,4-5,8-13H2. The summed E-state index contributed by atoms with van der Waals surface area (Å²) in [6.45, 7) is 4.49. The number of thioether (sulfide) groups is 1. The zero-order valence-corrected chi connectivity index (χ0v) is 13.3. The van der Waals surface area contributed by atoms with Crippen molar-refractivity contribution < 1.29 is 0 Å². The van der Waals surface area contributed by atoms with Crippen LogP contribution in [0.25, 0.3) is 5.57 Å². The van der Waals surface area contributed by atoms with Gasteiger partial charge in [-0.05, 0) is 18.4 Å². The Labute approximate surface area is 130 Å². The highest BCUT2D eigenvalue weighted by atomic mass is 35.5. The number of alkyl halides is 1. The summed E-state index contributed by atoms with van der Waals surface area (Å²) in [4.78, 5) is 5.10. The smallest absolute Gasteiger partial charge is 0.0770 e. The highest BCUT2D eigenvalue weighted by Crippen LogP contribution is 2.38. The molecule has 2 aliphatic rings. The van der Waals surface area contributed by atoms with Crippen LogP contribution < -0.4 is 0 Å². The van der Waals surface area contributed by atoms with E-state index >= 15 is 0 Å². The van der Waals surface area contributed by atoms with E-state index in [4.69, 9.17) is 11.6 Å². The van der Waals surface area contributed by atoms with Gasteiger partial charge in [-0.15, -0.1) is 23.4 Å². The molecule has 20 heavy (non-hydrogen) atoms. The Hall–Kier alpha value is -0.640. The van der Waals surface area contributed by atoms with Gasteiger partial charge >= 0.3 is 0 Å². The average Bonchev–Trinajstić information content (AvgIpc) is 2.96. The predicted octanol–water partition coefficient (Wildman–Crippen LogP) is 3.70. The first-order valence-corrected chi connectivity index (χ1v) is 8.85. The third-order valence-electron chi connectivity index (χ3n) is 3.88. The lowest BCUT2D eigenvalue weighted by Gasteiger charge is -2.36. The van der Waals surface area contributed by atoms with Gasteiger partial charge in [0.2, 0.25) is 0 Å². The molecule has 4 heteroatoms. The quantitative estimate of drug-likeness (QED) is 0.605. The van der Waals surface area contributed by atoms with Crippen molar-refractivity contribution in [2.75, 3.05) is 37.9 Å². The summed E-state index contributed by atoms with van der Waals surface area (Å²) in [5.74, 6) is 2.00. The van der Waals surface area contributed by atoms with Crippen LogP contribution in [0, 0.1) is 0 Å². The van der Waals surface area contributed by atoms with Gasteiger partial charge in [-0.2, -0.15) is 0 Å². The van der Waals surface area contributed by atoms with Gasteiger partial charge in [-0.25, -0.2) is 0 Å². The maximum atomic E-state index is 5.79. The van der Waals surface area contributed by atoms with Crippen molar-refractivity contribution in [1.82, 2.24) is 9.80 Å². The summed E-state index contributed by atoms with van der Waals surface area (Å²) >= 11 is 7.81. The molecule has 0 saturated carbocycles. The molecule has 3 rings (SSSR count). The fourth-order valence-electron chi connectivity index (χ4n) is 2.87. The average molecular weight is 309 g/mol. The zero-order valence-electron chi connectivity index (χ0n) is 11.7. The van der Waals surface area contributed by atoms with Crippen LogP contribution in [0.15, 0.2) is 35.4 Å². The van der Waals surface area contributed by atoms with Crippen molar-refractivity contribution in [2.24, 2.45) is 0 Å². The second-order valence-electron chi connectivity index (χ2n) is 5.35. The molecule has 1 fully saturated rings. The van der Waals surface area contributed by atoms with Crippen LogP contribution in [-0.2, 0) is 0 Å². The SMILES string of the molecule is ClCCCCN1CC(c2ccccc2)=C2SCCN2C1. The Morgan fingerprint density at radius 3 is 2.80 bits per heavy atom. The second kappa shape index (κ2) is 6.88. The number of hydrogen-bond donors (Lipinski definition) is 0. The van der Waals surface area contributed by atoms with E-state index in [0.29, 0.717) is 0 Å². The normalized spacial score (nSPS) is 19.6. The van der Waals surface area contributed by atoms with E-state index in [0.717, 1.165) is 32.1 Å². The minimum Gasteiger partial charge on any atom is -0.352 e. The van der Waals surface area contributed by atoms with Crippen LogP contribution in [0.3, 0.4) is 0 Å². The van der Waals surface area contributed by atoms with Crippen LogP contribution in [0.4, 0.5) is 0 Å². The van der Waals surface area contributed by atoms with Gasteiger partial charge < -0.3 is 4.90 Å². The van der Waals surface area contributed by atoms with Gasteiger partial charge in [-0.3, -0.25) is 4.90 Å². The van der Waals surface area contributed by atoms with Crippen LogP contribution >= 0.6 is 23.4 Å². The third kappa shape index (κ3) is 3.16. The van der Waals surface area contributed by atoms with Crippen molar-refractivity contribution in [3.05, 3.63) is 40.9 Å². The Morgan fingerprint density at radius 1 is 1.15 bits per heavy atom. The summed E-state index contributed by atoms with van der Waals surface area (Å²) in [7, 11) is 0. The van der Waals surface area contributed by atoms with Crippen LogP contribution in [-0.4, -0.2) is 47.7 Å². The molecule has 0 aromatic heterocycles. The number of unbranched alkanes of at least 4 members (excludes halogenated alkanes) is 1. The maximum absolute atomic E-state index is 5.79. The molecule has 0 atom stereocenters. The largest absolute Gasteiger partial charge is 0.352 e. The van der Waals surface area contributed by atoms with Gasteiger partial charge in [0.05, 0.1) is 11.7 Å². The van der Waals surface area contributed by atoms with Crippen molar-refractivity contribution in [3.63, 3.8) is 0 Å². The number of nitrogens with zero attached hydrogens (tertiary/aromatic N) is 2. The second-order valence-corrected chi connectivity index (χ2v) is 6.81. The minimum absolute atomic E-state index is 0.778. The number of halogens is 1. The molecule has 0 amide bonds. The van der Waals surface area contributed by atoms with E-state index in [-0.39, 0.29) is 0 Å². The molecular formula is C16H21ClN2S. The summed E-state index contributed by atoms with van der Waals surface area (Å²) in [5.41, 5.74) is 2.88. The molecule has 0 aliphatic carbocycles. The van der Waals surface area contributed by atoms with Crippen molar-refractivity contribution in [1.29, 1.82) is 0 Å². The molecule has 0 bridgehead atoms. The van der Waals surface area contributed by atoms with Gasteiger partial charge in [0.15, 0.2) is 0 Å². The van der Waals surface area contributed by atoms with Crippen molar-refractivity contribution in [3.8, 4) is 0 Å². The highest BCUT2D eigenvalue weighted by Gasteiger charge is 2.29. The molecule has 2 aliphatic heterocycles. The van der Waals surface area contributed by atoms with E-state index in [1.54, 1.807) is 0 Å². The molecule has 0 radical (unpaired) electrons.